The molecule has 6 nitrogen and oxygen atoms in total. The van der Waals surface area contributed by atoms with Gasteiger partial charge >= 0.3 is 0 Å². The Morgan fingerprint density at radius 3 is 3.22 bits per heavy atom. The minimum Gasteiger partial charge on any atom is -0.492 e. The molecule has 2 rings (SSSR count). The maximum absolute atomic E-state index is 10.8. The summed E-state index contributed by atoms with van der Waals surface area (Å²) in [6.07, 6.45) is 3.07. The number of aromatic nitrogens is 1. The molecular formula is C11H11N3O3S. The molecule has 0 radical (unpaired) electrons. The molecule has 0 bridgehead atoms. The van der Waals surface area contributed by atoms with Gasteiger partial charge in [-0.2, -0.15) is 4.98 Å². The van der Waals surface area contributed by atoms with Crippen LogP contribution in [0.2, 0.25) is 0 Å². The third kappa shape index (κ3) is 3.17. The van der Waals surface area contributed by atoms with Gasteiger partial charge in [0.25, 0.3) is 0 Å². The lowest BCUT2D eigenvalue weighted by Crippen LogP contribution is -2.04. The number of nitrogens with one attached hydrogen (secondary N) is 1. The maximum atomic E-state index is 10.8. The second kappa shape index (κ2) is 5.46. The zero-order chi connectivity index (χ0) is 13.0. The Morgan fingerprint density at radius 2 is 2.56 bits per heavy atom. The highest BCUT2D eigenvalue weighted by molar-refractivity contribution is 7.17. The standard InChI is InChI=1S/C11H11N3O3S/c1-7(15)13-11-14-10(16)9(18-11)6-12-5-8-3-2-4-17-8/h2-4,6,16H,5H2,1H3,(H,13,14,15). The number of amides is 1. The molecule has 2 N–H and O–H groups in total. The SMILES string of the molecule is CC(=O)Nc1nc(O)c(C=NCc2ccco2)s1. The van der Waals surface area contributed by atoms with Crippen molar-refractivity contribution < 1.29 is 14.3 Å². The predicted molar refractivity (Wildman–Crippen MR) is 68.1 cm³/mol. The Labute approximate surface area is 107 Å². The quantitative estimate of drug-likeness (QED) is 0.828. The number of hydrogen-bond donors (Lipinski definition) is 2. The molecule has 0 saturated carbocycles. The van der Waals surface area contributed by atoms with E-state index in [-0.39, 0.29) is 11.8 Å². The highest BCUT2D eigenvalue weighted by Gasteiger charge is 2.08. The molecule has 2 heterocycles. The summed E-state index contributed by atoms with van der Waals surface area (Å²) in [4.78, 5) is 19.2. The summed E-state index contributed by atoms with van der Waals surface area (Å²) in [5.74, 6) is 0.354. The molecule has 94 valence electrons. The Bertz CT molecular complexity index is 560. The van der Waals surface area contributed by atoms with Crippen LogP contribution in [0, 0.1) is 0 Å². The zero-order valence-electron chi connectivity index (χ0n) is 9.58. The lowest BCUT2D eigenvalue weighted by molar-refractivity contribution is -0.114. The number of carbonyl (C=O) groups is 1. The number of aliphatic imine (C=N–C) groups is 1. The first-order valence-electron chi connectivity index (χ1n) is 5.15. The van der Waals surface area contributed by atoms with Crippen LogP contribution in [0.4, 0.5) is 5.13 Å². The van der Waals surface area contributed by atoms with Crippen molar-refractivity contribution in [1.82, 2.24) is 4.98 Å². The van der Waals surface area contributed by atoms with Crippen molar-refractivity contribution in [2.45, 2.75) is 13.5 Å². The second-order valence-corrected chi connectivity index (χ2v) is 4.47. The van der Waals surface area contributed by atoms with Crippen LogP contribution in [0.3, 0.4) is 0 Å². The summed E-state index contributed by atoms with van der Waals surface area (Å²) in [5.41, 5.74) is 0. The normalized spacial score (nSPS) is 10.9. The third-order valence-corrected chi connectivity index (χ3v) is 2.85. The first-order chi connectivity index (χ1) is 8.65. The number of carbonyl (C=O) groups excluding carboxylic acids is 1. The van der Waals surface area contributed by atoms with Crippen molar-refractivity contribution in [3.8, 4) is 5.88 Å². The van der Waals surface area contributed by atoms with E-state index in [0.29, 0.717) is 16.6 Å². The molecule has 2 aromatic heterocycles. The zero-order valence-corrected chi connectivity index (χ0v) is 10.4. The molecule has 0 unspecified atom stereocenters. The van der Waals surface area contributed by atoms with E-state index in [9.17, 15) is 9.90 Å². The van der Waals surface area contributed by atoms with Gasteiger partial charge in [-0.25, -0.2) is 0 Å². The monoisotopic (exact) mass is 265 g/mol. The summed E-state index contributed by atoms with van der Waals surface area (Å²) in [7, 11) is 0. The topological polar surface area (TPSA) is 87.7 Å². The number of hydrogen-bond acceptors (Lipinski definition) is 6. The van der Waals surface area contributed by atoms with Crippen LogP contribution in [0.1, 0.15) is 17.6 Å². The van der Waals surface area contributed by atoms with E-state index < -0.39 is 0 Å². The lowest BCUT2D eigenvalue weighted by Gasteiger charge is -1.91. The second-order valence-electron chi connectivity index (χ2n) is 3.44. The molecule has 0 spiro atoms. The van der Waals surface area contributed by atoms with Gasteiger partial charge in [-0.1, -0.05) is 11.3 Å². The molecule has 1 amide bonds. The minimum absolute atomic E-state index is 0.146. The summed E-state index contributed by atoms with van der Waals surface area (Å²) in [5, 5.41) is 12.4. The molecule has 0 atom stereocenters. The van der Waals surface area contributed by atoms with Gasteiger partial charge in [0.2, 0.25) is 11.8 Å². The van der Waals surface area contributed by atoms with Crippen LogP contribution in [0.25, 0.3) is 0 Å². The molecule has 0 aromatic carbocycles. The molecule has 0 aliphatic heterocycles. The van der Waals surface area contributed by atoms with Crippen molar-refractivity contribution in [1.29, 1.82) is 0 Å². The van der Waals surface area contributed by atoms with Crippen LogP contribution < -0.4 is 5.32 Å². The number of rotatable bonds is 4. The molecule has 0 fully saturated rings. The molecule has 2 aromatic rings. The first-order valence-corrected chi connectivity index (χ1v) is 5.96. The van der Waals surface area contributed by atoms with Crippen LogP contribution >= 0.6 is 11.3 Å². The summed E-state index contributed by atoms with van der Waals surface area (Å²) in [6.45, 7) is 1.77. The van der Waals surface area contributed by atoms with Gasteiger partial charge in [0.1, 0.15) is 10.6 Å². The number of nitrogens with zero attached hydrogens (tertiary/aromatic N) is 2. The minimum atomic E-state index is -0.233. The van der Waals surface area contributed by atoms with E-state index in [4.69, 9.17) is 4.42 Å². The van der Waals surface area contributed by atoms with Crippen LogP contribution in [-0.2, 0) is 11.3 Å². The summed E-state index contributed by atoms with van der Waals surface area (Å²) >= 11 is 1.15. The predicted octanol–water partition coefficient (Wildman–Crippen LogP) is 2.02. The van der Waals surface area contributed by atoms with E-state index in [2.05, 4.69) is 15.3 Å². The van der Waals surface area contributed by atoms with Gasteiger partial charge in [0.05, 0.1) is 12.8 Å². The van der Waals surface area contributed by atoms with Gasteiger partial charge in [0, 0.05) is 13.1 Å². The number of aromatic hydroxyl groups is 1. The first kappa shape index (κ1) is 12.3. The summed E-state index contributed by atoms with van der Waals surface area (Å²) < 4.78 is 5.11. The van der Waals surface area contributed by atoms with Gasteiger partial charge < -0.3 is 14.8 Å². The van der Waals surface area contributed by atoms with Crippen LogP contribution in [-0.4, -0.2) is 22.2 Å². The fourth-order valence-corrected chi connectivity index (χ4v) is 2.03. The van der Waals surface area contributed by atoms with Gasteiger partial charge in [-0.05, 0) is 12.1 Å². The molecular weight excluding hydrogens is 254 g/mol. The Kier molecular flexibility index (Phi) is 3.73. The Hall–Kier alpha value is -2.15. The fraction of sp³-hybridized carbons (Fsp3) is 0.182. The lowest BCUT2D eigenvalue weighted by atomic mass is 10.4. The van der Waals surface area contributed by atoms with Gasteiger partial charge in [0.15, 0.2) is 5.13 Å². The van der Waals surface area contributed by atoms with Gasteiger partial charge in [-0.15, -0.1) is 0 Å². The van der Waals surface area contributed by atoms with E-state index in [0.717, 1.165) is 17.1 Å². The van der Waals surface area contributed by atoms with Crippen molar-refractivity contribution in [2.24, 2.45) is 4.99 Å². The number of thiazole rings is 1. The summed E-state index contributed by atoms with van der Waals surface area (Å²) in [6, 6.07) is 3.59. The van der Waals surface area contributed by atoms with E-state index in [1.54, 1.807) is 12.3 Å². The number of anilines is 1. The smallest absolute Gasteiger partial charge is 0.233 e. The van der Waals surface area contributed by atoms with Gasteiger partial charge in [-0.3, -0.25) is 9.79 Å². The van der Waals surface area contributed by atoms with E-state index in [1.807, 2.05) is 6.07 Å². The third-order valence-electron chi connectivity index (χ3n) is 1.95. The van der Waals surface area contributed by atoms with E-state index >= 15 is 0 Å². The van der Waals surface area contributed by atoms with Crippen molar-refractivity contribution in [3.05, 3.63) is 29.0 Å². The van der Waals surface area contributed by atoms with E-state index in [1.165, 1.54) is 13.1 Å². The largest absolute Gasteiger partial charge is 0.492 e. The Balaban J connectivity index is 2.02. The molecule has 0 saturated heterocycles. The van der Waals surface area contributed by atoms with Crippen molar-refractivity contribution in [2.75, 3.05) is 5.32 Å². The fourth-order valence-electron chi connectivity index (χ4n) is 1.23. The molecule has 18 heavy (non-hydrogen) atoms. The average molecular weight is 265 g/mol. The van der Waals surface area contributed by atoms with Crippen LogP contribution in [0.15, 0.2) is 27.8 Å². The Morgan fingerprint density at radius 1 is 1.72 bits per heavy atom. The highest BCUT2D eigenvalue weighted by atomic mass is 32.1. The van der Waals surface area contributed by atoms with Crippen molar-refractivity contribution in [3.63, 3.8) is 0 Å². The maximum Gasteiger partial charge on any atom is 0.233 e. The molecule has 7 heteroatoms. The number of furan rings is 1. The molecule has 0 aliphatic carbocycles. The average Bonchev–Trinajstić information content (AvgIpc) is 2.89. The highest BCUT2D eigenvalue weighted by Crippen LogP contribution is 2.26. The van der Waals surface area contributed by atoms with Crippen molar-refractivity contribution >= 4 is 28.6 Å². The molecule has 0 aliphatic rings. The van der Waals surface area contributed by atoms with Crippen LogP contribution in [0.5, 0.6) is 5.88 Å².